The Kier molecular flexibility index (Phi) is 6.92. The molecule has 0 fully saturated rings. The second kappa shape index (κ2) is 10.6. The Labute approximate surface area is 216 Å². The fourth-order valence-electron chi connectivity index (χ4n) is 3.93. The molecule has 11 heteroatoms. The minimum atomic E-state index is -1.14. The second-order valence-corrected chi connectivity index (χ2v) is 8.47. The molecule has 0 aliphatic heterocycles. The van der Waals surface area contributed by atoms with Crippen molar-refractivity contribution in [2.45, 2.75) is 13.5 Å². The normalized spacial score (nSPS) is 11.0. The third-order valence-corrected chi connectivity index (χ3v) is 5.72. The Bertz CT molecular complexity index is 1640. The number of ether oxygens (including phenoxy) is 1. The van der Waals surface area contributed by atoms with Gasteiger partial charge in [0, 0.05) is 17.8 Å². The average molecular weight is 514 g/mol. The third-order valence-electron chi connectivity index (χ3n) is 5.72. The zero-order valence-corrected chi connectivity index (χ0v) is 20.4. The first-order valence-corrected chi connectivity index (χ1v) is 11.8. The predicted octanol–water partition coefficient (Wildman–Crippen LogP) is 4.18. The first-order valence-electron chi connectivity index (χ1n) is 11.8. The number of carbonyl (C=O) groups is 1. The van der Waals surface area contributed by atoms with Crippen LogP contribution in [-0.2, 0) is 6.54 Å². The van der Waals surface area contributed by atoms with Gasteiger partial charge in [-0.2, -0.15) is 0 Å². The van der Waals surface area contributed by atoms with Gasteiger partial charge in [-0.15, -0.1) is 0 Å². The average Bonchev–Trinajstić information content (AvgIpc) is 3.35. The SMILES string of the molecule is Cc1cccc(-c2nc(CNc3cc(C(=O)O)ccc3F)[nH]c2-c2ccc3ncc(OCCN)nc3c2)n1. The van der Waals surface area contributed by atoms with Crippen LogP contribution in [0.15, 0.2) is 60.8 Å². The van der Waals surface area contributed by atoms with Gasteiger partial charge in [-0.25, -0.2) is 24.1 Å². The highest BCUT2D eigenvalue weighted by Gasteiger charge is 2.17. The molecule has 5 aromatic rings. The smallest absolute Gasteiger partial charge is 0.335 e. The largest absolute Gasteiger partial charge is 0.478 e. The van der Waals surface area contributed by atoms with E-state index in [9.17, 15) is 14.3 Å². The molecular formula is C27H24FN7O3. The van der Waals surface area contributed by atoms with Crippen molar-refractivity contribution in [1.82, 2.24) is 24.9 Å². The summed E-state index contributed by atoms with van der Waals surface area (Å²) in [6.07, 6.45) is 1.55. The highest BCUT2D eigenvalue weighted by molar-refractivity contribution is 5.89. The number of anilines is 1. The maximum atomic E-state index is 14.3. The number of aryl methyl sites for hydroxylation is 1. The van der Waals surface area contributed by atoms with Crippen LogP contribution in [0.4, 0.5) is 10.1 Å². The highest BCUT2D eigenvalue weighted by Crippen LogP contribution is 2.31. The summed E-state index contributed by atoms with van der Waals surface area (Å²) in [6.45, 7) is 2.70. The van der Waals surface area contributed by atoms with Gasteiger partial charge in [0.15, 0.2) is 0 Å². The number of benzene rings is 2. The van der Waals surface area contributed by atoms with Gasteiger partial charge in [0.05, 0.1) is 46.4 Å². The number of aromatic carboxylic acids is 1. The number of aromatic amines is 1. The Balaban J connectivity index is 1.53. The molecule has 5 rings (SSSR count). The summed E-state index contributed by atoms with van der Waals surface area (Å²) in [5, 5.41) is 12.2. The number of aromatic nitrogens is 5. The lowest BCUT2D eigenvalue weighted by Gasteiger charge is -2.07. The van der Waals surface area contributed by atoms with E-state index in [1.165, 1.54) is 12.1 Å². The van der Waals surface area contributed by atoms with E-state index in [-0.39, 0.29) is 17.8 Å². The molecular weight excluding hydrogens is 489 g/mol. The minimum absolute atomic E-state index is 0.0224. The number of fused-ring (bicyclic) bond motifs is 1. The molecule has 0 saturated heterocycles. The van der Waals surface area contributed by atoms with Crippen LogP contribution < -0.4 is 15.8 Å². The van der Waals surface area contributed by atoms with Gasteiger partial charge in [0.1, 0.15) is 23.9 Å². The number of carboxylic acids is 1. The Morgan fingerprint density at radius 2 is 1.97 bits per heavy atom. The molecule has 2 aromatic carbocycles. The van der Waals surface area contributed by atoms with Crippen molar-refractivity contribution < 1.29 is 19.0 Å². The number of pyridine rings is 1. The third kappa shape index (κ3) is 5.27. The van der Waals surface area contributed by atoms with Gasteiger partial charge in [-0.1, -0.05) is 12.1 Å². The summed E-state index contributed by atoms with van der Waals surface area (Å²) >= 11 is 0. The summed E-state index contributed by atoms with van der Waals surface area (Å²) < 4.78 is 19.8. The van der Waals surface area contributed by atoms with E-state index < -0.39 is 11.8 Å². The van der Waals surface area contributed by atoms with Crippen molar-refractivity contribution in [3.8, 4) is 28.5 Å². The molecule has 0 saturated carbocycles. The fourth-order valence-corrected chi connectivity index (χ4v) is 3.93. The molecule has 0 amide bonds. The lowest BCUT2D eigenvalue weighted by Crippen LogP contribution is -2.11. The predicted molar refractivity (Wildman–Crippen MR) is 140 cm³/mol. The zero-order chi connectivity index (χ0) is 26.6. The van der Waals surface area contributed by atoms with Crippen molar-refractivity contribution in [3.63, 3.8) is 0 Å². The Hall–Kier alpha value is -4.90. The maximum Gasteiger partial charge on any atom is 0.335 e. The molecule has 0 aliphatic rings. The molecule has 5 N–H and O–H groups in total. The van der Waals surface area contributed by atoms with Crippen LogP contribution >= 0.6 is 0 Å². The molecule has 0 unspecified atom stereocenters. The van der Waals surface area contributed by atoms with Crippen molar-refractivity contribution >= 4 is 22.7 Å². The van der Waals surface area contributed by atoms with Crippen molar-refractivity contribution in [2.75, 3.05) is 18.5 Å². The van der Waals surface area contributed by atoms with E-state index in [4.69, 9.17) is 15.5 Å². The molecule has 0 spiro atoms. The number of hydrogen-bond acceptors (Lipinski definition) is 8. The first kappa shape index (κ1) is 24.8. The van der Waals surface area contributed by atoms with Gasteiger partial charge in [0.2, 0.25) is 5.88 Å². The fraction of sp³-hybridized carbons (Fsp3) is 0.148. The molecule has 38 heavy (non-hydrogen) atoms. The Morgan fingerprint density at radius 3 is 2.76 bits per heavy atom. The number of rotatable bonds is 9. The lowest BCUT2D eigenvalue weighted by molar-refractivity contribution is 0.0697. The number of nitrogens with one attached hydrogen (secondary N) is 2. The van der Waals surface area contributed by atoms with Gasteiger partial charge >= 0.3 is 5.97 Å². The number of imidazole rings is 1. The van der Waals surface area contributed by atoms with Crippen LogP contribution in [0.1, 0.15) is 21.9 Å². The van der Waals surface area contributed by atoms with E-state index in [0.717, 1.165) is 17.3 Å². The highest BCUT2D eigenvalue weighted by atomic mass is 19.1. The first-order chi connectivity index (χ1) is 18.4. The van der Waals surface area contributed by atoms with E-state index >= 15 is 0 Å². The molecule has 0 radical (unpaired) electrons. The van der Waals surface area contributed by atoms with E-state index in [1.807, 2.05) is 43.3 Å². The van der Waals surface area contributed by atoms with E-state index in [1.54, 1.807) is 6.20 Å². The van der Waals surface area contributed by atoms with E-state index in [2.05, 4.69) is 25.3 Å². The monoisotopic (exact) mass is 513 g/mol. The quantitative estimate of drug-likeness (QED) is 0.227. The van der Waals surface area contributed by atoms with Crippen molar-refractivity contribution in [1.29, 1.82) is 0 Å². The standard InChI is InChI=1S/C27H24FN7O3/c1-15-3-2-4-20(32-15)26-25(16-6-8-19-22(11-16)33-24(14-31-19)38-10-9-29)34-23(35-26)13-30-21-12-17(27(36)37)5-7-18(21)28/h2-8,11-12,14,30H,9-10,13,29H2,1H3,(H,34,35)(H,36,37). The molecule has 0 atom stereocenters. The van der Waals surface area contributed by atoms with Crippen LogP contribution in [0.2, 0.25) is 0 Å². The van der Waals surface area contributed by atoms with Crippen LogP contribution in [-0.4, -0.2) is 49.1 Å². The summed E-state index contributed by atoms with van der Waals surface area (Å²) in [6, 6.07) is 14.8. The summed E-state index contributed by atoms with van der Waals surface area (Å²) in [7, 11) is 0. The molecule has 3 aromatic heterocycles. The summed E-state index contributed by atoms with van der Waals surface area (Å²) in [5.74, 6) is -0.828. The number of nitrogens with zero attached hydrogens (tertiary/aromatic N) is 4. The van der Waals surface area contributed by atoms with Crippen molar-refractivity contribution in [2.24, 2.45) is 5.73 Å². The van der Waals surface area contributed by atoms with Crippen LogP contribution in [0.25, 0.3) is 33.7 Å². The molecule has 0 bridgehead atoms. The Morgan fingerprint density at radius 1 is 1.11 bits per heavy atom. The van der Waals surface area contributed by atoms with Crippen molar-refractivity contribution in [3.05, 3.63) is 83.7 Å². The number of H-pyrrole nitrogens is 1. The molecule has 10 nitrogen and oxygen atoms in total. The second-order valence-electron chi connectivity index (χ2n) is 8.47. The molecule has 0 aliphatic carbocycles. The zero-order valence-electron chi connectivity index (χ0n) is 20.4. The summed E-state index contributed by atoms with van der Waals surface area (Å²) in [4.78, 5) is 32.9. The van der Waals surface area contributed by atoms with Gasteiger partial charge < -0.3 is 25.9 Å². The number of carboxylic acid groups (broad SMARTS) is 1. The number of nitrogens with two attached hydrogens (primary N) is 1. The molecule has 192 valence electrons. The topological polar surface area (TPSA) is 152 Å². The number of hydrogen-bond donors (Lipinski definition) is 4. The number of halogens is 1. The maximum absolute atomic E-state index is 14.3. The summed E-state index contributed by atoms with van der Waals surface area (Å²) in [5.41, 5.74) is 10.5. The van der Waals surface area contributed by atoms with Crippen LogP contribution in [0, 0.1) is 12.7 Å². The van der Waals surface area contributed by atoms with Crippen LogP contribution in [0.5, 0.6) is 5.88 Å². The van der Waals surface area contributed by atoms with E-state index in [0.29, 0.717) is 53.0 Å². The minimum Gasteiger partial charge on any atom is -0.478 e. The van der Waals surface area contributed by atoms with Crippen LogP contribution in [0.3, 0.4) is 0 Å². The van der Waals surface area contributed by atoms with Gasteiger partial charge in [0.25, 0.3) is 0 Å². The lowest BCUT2D eigenvalue weighted by atomic mass is 10.1. The van der Waals surface area contributed by atoms with Gasteiger partial charge in [-0.05, 0) is 49.4 Å². The molecule has 3 heterocycles. The van der Waals surface area contributed by atoms with Gasteiger partial charge in [-0.3, -0.25) is 4.98 Å².